The van der Waals surface area contributed by atoms with Gasteiger partial charge in [0.2, 0.25) is 0 Å². The van der Waals surface area contributed by atoms with E-state index in [1.807, 2.05) is 13.0 Å². The van der Waals surface area contributed by atoms with Crippen LogP contribution >= 0.6 is 0 Å². The van der Waals surface area contributed by atoms with E-state index in [4.69, 9.17) is 4.74 Å². The van der Waals surface area contributed by atoms with Crippen LogP contribution in [0.15, 0.2) is 18.2 Å². The SMILES string of the molecule is Cc1cc(F)cc(O[C@H]2C[C@@H](NC(C)C)C2)c1. The molecule has 1 aliphatic carbocycles. The molecule has 2 nitrogen and oxygen atoms in total. The number of nitrogens with one attached hydrogen (secondary N) is 1. The van der Waals surface area contributed by atoms with Gasteiger partial charge in [0, 0.05) is 18.2 Å². The van der Waals surface area contributed by atoms with Crippen molar-refractivity contribution in [2.75, 3.05) is 0 Å². The normalized spacial score (nSPS) is 23.6. The Morgan fingerprint density at radius 3 is 2.59 bits per heavy atom. The number of benzene rings is 1. The Morgan fingerprint density at radius 1 is 1.29 bits per heavy atom. The van der Waals surface area contributed by atoms with Gasteiger partial charge in [0.1, 0.15) is 17.7 Å². The van der Waals surface area contributed by atoms with E-state index in [0.717, 1.165) is 18.4 Å². The lowest BCUT2D eigenvalue weighted by atomic mass is 9.88. The van der Waals surface area contributed by atoms with Gasteiger partial charge in [-0.1, -0.05) is 13.8 Å². The molecule has 1 aliphatic rings. The third kappa shape index (κ3) is 3.43. The maximum Gasteiger partial charge on any atom is 0.127 e. The lowest BCUT2D eigenvalue weighted by molar-refractivity contribution is 0.0812. The highest BCUT2D eigenvalue weighted by Gasteiger charge is 2.30. The Hall–Kier alpha value is -1.09. The van der Waals surface area contributed by atoms with Gasteiger partial charge < -0.3 is 10.1 Å². The molecule has 0 aliphatic heterocycles. The third-order valence-electron chi connectivity index (χ3n) is 2.98. The van der Waals surface area contributed by atoms with Gasteiger partial charge in [-0.25, -0.2) is 4.39 Å². The Labute approximate surface area is 102 Å². The fraction of sp³-hybridized carbons (Fsp3) is 0.571. The smallest absolute Gasteiger partial charge is 0.127 e. The molecule has 2 rings (SSSR count). The van der Waals surface area contributed by atoms with Crippen molar-refractivity contribution in [2.24, 2.45) is 0 Å². The summed E-state index contributed by atoms with van der Waals surface area (Å²) in [6.07, 6.45) is 2.24. The molecule has 0 radical (unpaired) electrons. The molecule has 0 bridgehead atoms. The quantitative estimate of drug-likeness (QED) is 0.869. The molecule has 3 heteroatoms. The van der Waals surface area contributed by atoms with Gasteiger partial charge in [-0.05, 0) is 37.5 Å². The van der Waals surface area contributed by atoms with Crippen molar-refractivity contribution in [3.8, 4) is 5.75 Å². The van der Waals surface area contributed by atoms with Crippen molar-refractivity contribution < 1.29 is 9.13 Å². The van der Waals surface area contributed by atoms with E-state index < -0.39 is 0 Å². The zero-order valence-corrected chi connectivity index (χ0v) is 10.7. The van der Waals surface area contributed by atoms with Gasteiger partial charge in [-0.3, -0.25) is 0 Å². The Morgan fingerprint density at radius 2 is 2.00 bits per heavy atom. The Bertz CT molecular complexity index is 366. The zero-order chi connectivity index (χ0) is 12.4. The van der Waals surface area contributed by atoms with E-state index in [1.165, 1.54) is 12.1 Å². The molecule has 0 amide bonds. The largest absolute Gasteiger partial charge is 0.490 e. The first-order chi connectivity index (χ1) is 8.02. The second kappa shape index (κ2) is 5.05. The van der Waals surface area contributed by atoms with Crippen molar-refractivity contribution in [2.45, 2.75) is 51.8 Å². The van der Waals surface area contributed by atoms with Gasteiger partial charge in [0.25, 0.3) is 0 Å². The highest BCUT2D eigenvalue weighted by molar-refractivity contribution is 5.29. The summed E-state index contributed by atoms with van der Waals surface area (Å²) < 4.78 is 18.9. The number of hydrogen-bond acceptors (Lipinski definition) is 2. The molecule has 0 unspecified atom stereocenters. The summed E-state index contributed by atoms with van der Waals surface area (Å²) in [6.45, 7) is 6.16. The maximum atomic E-state index is 13.2. The summed E-state index contributed by atoms with van der Waals surface area (Å²) in [5.41, 5.74) is 0.899. The van der Waals surface area contributed by atoms with Gasteiger partial charge in [0.05, 0.1) is 0 Å². The molecule has 1 saturated carbocycles. The van der Waals surface area contributed by atoms with Gasteiger partial charge >= 0.3 is 0 Å². The highest BCUT2D eigenvalue weighted by atomic mass is 19.1. The number of halogens is 1. The van der Waals surface area contributed by atoms with Crippen molar-refractivity contribution in [1.82, 2.24) is 5.32 Å². The van der Waals surface area contributed by atoms with Crippen LogP contribution < -0.4 is 10.1 Å². The predicted molar refractivity (Wildman–Crippen MR) is 66.8 cm³/mol. The zero-order valence-electron chi connectivity index (χ0n) is 10.7. The average molecular weight is 237 g/mol. The average Bonchev–Trinajstić information content (AvgIpc) is 2.11. The van der Waals surface area contributed by atoms with E-state index in [1.54, 1.807) is 0 Å². The minimum Gasteiger partial charge on any atom is -0.490 e. The number of aryl methyl sites for hydroxylation is 1. The lowest BCUT2D eigenvalue weighted by Gasteiger charge is -2.37. The van der Waals surface area contributed by atoms with Crippen LogP contribution in [0.5, 0.6) is 5.75 Å². The summed E-state index contributed by atoms with van der Waals surface area (Å²) >= 11 is 0. The monoisotopic (exact) mass is 237 g/mol. The molecular weight excluding hydrogens is 217 g/mol. The molecule has 1 aromatic rings. The van der Waals surface area contributed by atoms with Crippen LogP contribution in [-0.2, 0) is 0 Å². The fourth-order valence-corrected chi connectivity index (χ4v) is 2.23. The minimum absolute atomic E-state index is 0.226. The summed E-state index contributed by atoms with van der Waals surface area (Å²) in [5, 5.41) is 3.46. The van der Waals surface area contributed by atoms with Gasteiger partial charge in [0.15, 0.2) is 0 Å². The first kappa shape index (κ1) is 12.4. The molecule has 0 saturated heterocycles. The van der Waals surface area contributed by atoms with Crippen molar-refractivity contribution in [3.05, 3.63) is 29.6 Å². The first-order valence-corrected chi connectivity index (χ1v) is 6.23. The van der Waals surface area contributed by atoms with Crippen LogP contribution in [0.4, 0.5) is 4.39 Å². The molecule has 94 valence electrons. The topological polar surface area (TPSA) is 21.3 Å². The summed E-state index contributed by atoms with van der Waals surface area (Å²) in [5.74, 6) is 0.423. The number of ether oxygens (including phenoxy) is 1. The van der Waals surface area contributed by atoms with Crippen LogP contribution in [0.1, 0.15) is 32.3 Å². The predicted octanol–water partition coefficient (Wildman–Crippen LogP) is 3.04. The molecule has 0 heterocycles. The molecule has 1 fully saturated rings. The molecule has 17 heavy (non-hydrogen) atoms. The van der Waals surface area contributed by atoms with Crippen molar-refractivity contribution in [3.63, 3.8) is 0 Å². The van der Waals surface area contributed by atoms with Crippen LogP contribution in [0.3, 0.4) is 0 Å². The maximum absolute atomic E-state index is 13.2. The van der Waals surface area contributed by atoms with E-state index in [-0.39, 0.29) is 11.9 Å². The standard InChI is InChI=1S/C14H20FNO/c1-9(2)16-12-7-14(8-12)17-13-5-10(3)4-11(15)6-13/h4-6,9,12,14,16H,7-8H2,1-3H3/t12-,14+. The van der Waals surface area contributed by atoms with Crippen molar-refractivity contribution in [1.29, 1.82) is 0 Å². The van der Waals surface area contributed by atoms with E-state index in [9.17, 15) is 4.39 Å². The van der Waals surface area contributed by atoms with Gasteiger partial charge in [-0.2, -0.15) is 0 Å². The number of hydrogen-bond donors (Lipinski definition) is 1. The molecule has 0 spiro atoms. The van der Waals surface area contributed by atoms with Crippen LogP contribution in [0.2, 0.25) is 0 Å². The number of rotatable bonds is 4. The molecule has 0 atom stereocenters. The molecule has 1 N–H and O–H groups in total. The fourth-order valence-electron chi connectivity index (χ4n) is 2.23. The summed E-state index contributed by atoms with van der Waals surface area (Å²) in [6, 6.07) is 5.91. The summed E-state index contributed by atoms with van der Waals surface area (Å²) in [4.78, 5) is 0. The summed E-state index contributed by atoms with van der Waals surface area (Å²) in [7, 11) is 0. The van der Waals surface area contributed by atoms with Crippen LogP contribution in [-0.4, -0.2) is 18.2 Å². The molecular formula is C14H20FNO. The van der Waals surface area contributed by atoms with E-state index >= 15 is 0 Å². The first-order valence-electron chi connectivity index (χ1n) is 6.23. The Kier molecular flexibility index (Phi) is 3.67. The molecule has 1 aromatic carbocycles. The van der Waals surface area contributed by atoms with Crippen molar-refractivity contribution >= 4 is 0 Å². The minimum atomic E-state index is -0.226. The second-order valence-corrected chi connectivity index (χ2v) is 5.19. The molecule has 0 aromatic heterocycles. The second-order valence-electron chi connectivity index (χ2n) is 5.19. The lowest BCUT2D eigenvalue weighted by Crippen LogP contribution is -2.49. The van der Waals surface area contributed by atoms with E-state index in [2.05, 4.69) is 19.2 Å². The van der Waals surface area contributed by atoms with Crippen LogP contribution in [0, 0.1) is 12.7 Å². The van der Waals surface area contributed by atoms with Gasteiger partial charge in [-0.15, -0.1) is 0 Å². The Balaban J connectivity index is 1.83. The van der Waals surface area contributed by atoms with E-state index in [0.29, 0.717) is 17.8 Å². The highest BCUT2D eigenvalue weighted by Crippen LogP contribution is 2.27. The third-order valence-corrected chi connectivity index (χ3v) is 2.98. The van der Waals surface area contributed by atoms with Crippen LogP contribution in [0.25, 0.3) is 0 Å².